The molecule has 1 saturated heterocycles. The van der Waals surface area contributed by atoms with Crippen molar-refractivity contribution in [3.05, 3.63) is 24.3 Å². The molecule has 0 radical (unpaired) electrons. The minimum atomic E-state index is -0.543. The molecule has 2 atom stereocenters. The highest BCUT2D eigenvalue weighted by Gasteiger charge is 2.33. The van der Waals surface area contributed by atoms with Crippen molar-refractivity contribution in [2.45, 2.75) is 18.9 Å². The number of alkyl halides is 1. The van der Waals surface area contributed by atoms with E-state index in [0.717, 1.165) is 25.9 Å². The third kappa shape index (κ3) is 2.70. The number of piperidine rings is 1. The molecule has 0 saturated carbocycles. The van der Waals surface area contributed by atoms with Gasteiger partial charge < -0.3 is 14.4 Å². The molecule has 1 aromatic rings. The minimum absolute atomic E-state index is 0.00863. The molecule has 1 fully saturated rings. The molecular weight excluding hydrogens is 278 g/mol. The van der Waals surface area contributed by atoms with Crippen molar-refractivity contribution in [3.63, 3.8) is 0 Å². The summed E-state index contributed by atoms with van der Waals surface area (Å²) in [5.74, 6) is 2.35. The summed E-state index contributed by atoms with van der Waals surface area (Å²) in [6.45, 7) is 1.79. The number of nitrogens with zero attached hydrogens (tertiary/aromatic N) is 1. The number of amides is 1. The Morgan fingerprint density at radius 1 is 1.35 bits per heavy atom. The zero-order chi connectivity index (χ0) is 13.9. The molecule has 5 heteroatoms. The summed E-state index contributed by atoms with van der Waals surface area (Å²) >= 11 is 5.91. The quantitative estimate of drug-likeness (QED) is 0.786. The van der Waals surface area contributed by atoms with E-state index in [1.54, 1.807) is 0 Å². The molecule has 108 valence electrons. The van der Waals surface area contributed by atoms with Crippen LogP contribution in [0, 0.1) is 5.92 Å². The van der Waals surface area contributed by atoms with Crippen LogP contribution in [0.1, 0.15) is 12.8 Å². The topological polar surface area (TPSA) is 38.8 Å². The number of hydrogen-bond donors (Lipinski definition) is 0. The third-order valence-electron chi connectivity index (χ3n) is 3.83. The lowest BCUT2D eigenvalue weighted by Crippen LogP contribution is -2.50. The second-order valence-electron chi connectivity index (χ2n) is 5.31. The first-order valence-corrected chi connectivity index (χ1v) is 7.54. The Balaban J connectivity index is 1.67. The summed E-state index contributed by atoms with van der Waals surface area (Å²) in [5, 5.41) is 0. The van der Waals surface area contributed by atoms with E-state index in [2.05, 4.69) is 0 Å². The average molecular weight is 296 g/mol. The number of hydrogen-bond acceptors (Lipinski definition) is 3. The van der Waals surface area contributed by atoms with Crippen molar-refractivity contribution < 1.29 is 14.3 Å². The molecule has 0 aliphatic carbocycles. The molecule has 20 heavy (non-hydrogen) atoms. The van der Waals surface area contributed by atoms with Crippen molar-refractivity contribution >= 4 is 17.5 Å². The summed E-state index contributed by atoms with van der Waals surface area (Å²) < 4.78 is 11.4. The maximum absolute atomic E-state index is 12.5. The predicted molar refractivity (Wildman–Crippen MR) is 76.4 cm³/mol. The fraction of sp³-hybridized carbons (Fsp3) is 0.533. The van der Waals surface area contributed by atoms with E-state index < -0.39 is 6.10 Å². The minimum Gasteiger partial charge on any atom is -0.485 e. The maximum Gasteiger partial charge on any atom is 0.267 e. The Morgan fingerprint density at radius 3 is 2.95 bits per heavy atom. The van der Waals surface area contributed by atoms with Gasteiger partial charge in [0.05, 0.1) is 0 Å². The number of carbonyl (C=O) groups excluding carboxylic acids is 1. The molecule has 0 N–H and O–H groups in total. The molecule has 2 aliphatic rings. The SMILES string of the molecule is O=C(C1COc2ccccc2O1)N1CCCC(CCl)C1. The monoisotopic (exact) mass is 295 g/mol. The fourth-order valence-corrected chi connectivity index (χ4v) is 2.99. The van der Waals surface area contributed by atoms with Gasteiger partial charge >= 0.3 is 0 Å². The van der Waals surface area contributed by atoms with Crippen LogP contribution < -0.4 is 9.47 Å². The molecule has 0 aromatic heterocycles. The van der Waals surface area contributed by atoms with Crippen LogP contribution >= 0.6 is 11.6 Å². The first kappa shape index (κ1) is 13.6. The van der Waals surface area contributed by atoms with Crippen molar-refractivity contribution in [1.29, 1.82) is 0 Å². The van der Waals surface area contributed by atoms with Crippen LogP contribution in [-0.2, 0) is 4.79 Å². The number of benzene rings is 1. The highest BCUT2D eigenvalue weighted by molar-refractivity contribution is 6.18. The van der Waals surface area contributed by atoms with Gasteiger partial charge in [0.2, 0.25) is 6.10 Å². The second kappa shape index (κ2) is 5.92. The van der Waals surface area contributed by atoms with Crippen LogP contribution in [0.25, 0.3) is 0 Å². The van der Waals surface area contributed by atoms with Crippen LogP contribution in [0.2, 0.25) is 0 Å². The van der Waals surface area contributed by atoms with E-state index in [1.807, 2.05) is 29.2 Å². The van der Waals surface area contributed by atoms with Crippen LogP contribution in [0.15, 0.2) is 24.3 Å². The lowest BCUT2D eigenvalue weighted by atomic mass is 9.99. The first-order valence-electron chi connectivity index (χ1n) is 7.01. The maximum atomic E-state index is 12.5. The molecule has 1 aromatic carbocycles. The van der Waals surface area contributed by atoms with E-state index >= 15 is 0 Å². The van der Waals surface area contributed by atoms with Crippen LogP contribution in [0.5, 0.6) is 11.5 Å². The Hall–Kier alpha value is -1.42. The Labute approximate surface area is 123 Å². The molecular formula is C15H18ClNO3. The van der Waals surface area contributed by atoms with Crippen LogP contribution in [0.4, 0.5) is 0 Å². The van der Waals surface area contributed by atoms with E-state index in [1.165, 1.54) is 0 Å². The van der Waals surface area contributed by atoms with Crippen molar-refractivity contribution in [2.24, 2.45) is 5.92 Å². The van der Waals surface area contributed by atoms with Crippen molar-refractivity contribution in [2.75, 3.05) is 25.6 Å². The standard InChI is InChI=1S/C15H18ClNO3/c16-8-11-4-3-7-17(9-11)15(18)14-10-19-12-5-1-2-6-13(12)20-14/h1-2,5-6,11,14H,3-4,7-10H2. The van der Waals surface area contributed by atoms with Gasteiger partial charge in [0.1, 0.15) is 6.61 Å². The lowest BCUT2D eigenvalue weighted by Gasteiger charge is -2.35. The summed E-state index contributed by atoms with van der Waals surface area (Å²) in [6, 6.07) is 7.44. The van der Waals surface area contributed by atoms with Crippen molar-refractivity contribution in [3.8, 4) is 11.5 Å². The smallest absolute Gasteiger partial charge is 0.267 e. The van der Waals surface area contributed by atoms with Gasteiger partial charge in [0.25, 0.3) is 5.91 Å². The van der Waals surface area contributed by atoms with Gasteiger partial charge in [-0.15, -0.1) is 11.6 Å². The van der Waals surface area contributed by atoms with E-state index in [4.69, 9.17) is 21.1 Å². The number of ether oxygens (including phenoxy) is 2. The molecule has 1 amide bonds. The lowest BCUT2D eigenvalue weighted by molar-refractivity contribution is -0.142. The Bertz CT molecular complexity index is 494. The van der Waals surface area contributed by atoms with Crippen LogP contribution in [0.3, 0.4) is 0 Å². The highest BCUT2D eigenvalue weighted by Crippen LogP contribution is 2.31. The number of fused-ring (bicyclic) bond motifs is 1. The Kier molecular flexibility index (Phi) is 4.01. The predicted octanol–water partition coefficient (Wildman–Crippen LogP) is 2.30. The van der Waals surface area contributed by atoms with Crippen LogP contribution in [-0.4, -0.2) is 42.5 Å². The van der Waals surface area contributed by atoms with Gasteiger partial charge in [-0.1, -0.05) is 12.1 Å². The highest BCUT2D eigenvalue weighted by atomic mass is 35.5. The summed E-state index contributed by atoms with van der Waals surface area (Å²) in [5.41, 5.74) is 0. The van der Waals surface area contributed by atoms with Gasteiger partial charge in [-0.2, -0.15) is 0 Å². The first-order chi connectivity index (χ1) is 9.78. The average Bonchev–Trinajstić information content (AvgIpc) is 2.53. The fourth-order valence-electron chi connectivity index (χ4n) is 2.74. The van der Waals surface area contributed by atoms with Gasteiger partial charge in [0.15, 0.2) is 11.5 Å². The molecule has 3 rings (SSSR count). The zero-order valence-corrected chi connectivity index (χ0v) is 12.0. The molecule has 0 bridgehead atoms. The van der Waals surface area contributed by atoms with Gasteiger partial charge in [0, 0.05) is 19.0 Å². The summed E-state index contributed by atoms with van der Waals surface area (Å²) in [4.78, 5) is 14.4. The number of rotatable bonds is 2. The third-order valence-corrected chi connectivity index (χ3v) is 4.27. The molecule has 2 unspecified atom stereocenters. The van der Waals surface area contributed by atoms with Gasteiger partial charge in [-0.3, -0.25) is 4.79 Å². The largest absolute Gasteiger partial charge is 0.485 e. The number of halogens is 1. The molecule has 4 nitrogen and oxygen atoms in total. The normalized spacial score (nSPS) is 25.4. The zero-order valence-electron chi connectivity index (χ0n) is 11.3. The van der Waals surface area contributed by atoms with E-state index in [0.29, 0.717) is 23.3 Å². The summed E-state index contributed by atoms with van der Waals surface area (Å²) in [6.07, 6.45) is 1.56. The van der Waals surface area contributed by atoms with Gasteiger partial charge in [-0.05, 0) is 30.9 Å². The van der Waals surface area contributed by atoms with E-state index in [9.17, 15) is 4.79 Å². The van der Waals surface area contributed by atoms with Gasteiger partial charge in [-0.25, -0.2) is 0 Å². The molecule has 2 aliphatic heterocycles. The second-order valence-corrected chi connectivity index (χ2v) is 5.62. The number of para-hydroxylation sites is 2. The molecule has 2 heterocycles. The Morgan fingerprint density at radius 2 is 2.15 bits per heavy atom. The number of likely N-dealkylation sites (tertiary alicyclic amines) is 1. The number of carbonyl (C=O) groups is 1. The summed E-state index contributed by atoms with van der Waals surface area (Å²) in [7, 11) is 0. The molecule has 0 spiro atoms. The van der Waals surface area contributed by atoms with Crippen molar-refractivity contribution in [1.82, 2.24) is 4.90 Å². The van der Waals surface area contributed by atoms with E-state index in [-0.39, 0.29) is 12.5 Å².